The van der Waals surface area contributed by atoms with Crippen LogP contribution in [0.3, 0.4) is 0 Å². The van der Waals surface area contributed by atoms with Crippen LogP contribution < -0.4 is 5.32 Å². The summed E-state index contributed by atoms with van der Waals surface area (Å²) in [5, 5.41) is 11.5. The lowest BCUT2D eigenvalue weighted by atomic mass is 10.1. The molecule has 0 heterocycles. The number of benzene rings is 1. The van der Waals surface area contributed by atoms with Gasteiger partial charge in [0.25, 0.3) is 0 Å². The number of nitrogens with zero attached hydrogens (tertiary/aromatic N) is 1. The summed E-state index contributed by atoms with van der Waals surface area (Å²) in [6.45, 7) is 5.69. The van der Waals surface area contributed by atoms with Crippen molar-refractivity contribution in [3.05, 3.63) is 35.4 Å². The van der Waals surface area contributed by atoms with Gasteiger partial charge in [0.05, 0.1) is 6.04 Å². The molecule has 0 bridgehead atoms. The van der Waals surface area contributed by atoms with E-state index in [0.717, 1.165) is 11.1 Å². The Labute approximate surface area is 113 Å². The number of rotatable bonds is 5. The summed E-state index contributed by atoms with van der Waals surface area (Å²) in [6.07, 6.45) is 0. The molecule has 0 aliphatic rings. The van der Waals surface area contributed by atoms with Crippen molar-refractivity contribution in [3.63, 3.8) is 0 Å². The summed E-state index contributed by atoms with van der Waals surface area (Å²) in [5.41, 5.74) is 2.15. The highest BCUT2D eigenvalue weighted by atomic mass is 16.4. The summed E-state index contributed by atoms with van der Waals surface area (Å²) in [6, 6.07) is 7.34. The number of carboxylic acid groups (broad SMARTS) is 1. The third-order valence-corrected chi connectivity index (χ3v) is 2.91. The molecule has 0 saturated heterocycles. The van der Waals surface area contributed by atoms with E-state index in [2.05, 4.69) is 5.32 Å². The number of aryl methyl sites for hydroxylation is 1. The molecular formula is C14H20N2O3. The molecule has 0 aliphatic carbocycles. The standard InChI is InChI=1S/C14H20N2O3/c1-4-16(9-13(17)18)14(19)15-11(3)12-7-5-10(2)6-8-12/h5-8,11H,4,9H2,1-3H3,(H,15,19)(H,17,18). The van der Waals surface area contributed by atoms with Crippen LogP contribution in [0.5, 0.6) is 0 Å². The van der Waals surface area contributed by atoms with Crippen molar-refractivity contribution in [2.75, 3.05) is 13.1 Å². The Balaban J connectivity index is 2.64. The summed E-state index contributed by atoms with van der Waals surface area (Å²) in [5.74, 6) is -1.01. The van der Waals surface area contributed by atoms with E-state index in [1.54, 1.807) is 6.92 Å². The molecule has 104 valence electrons. The number of hydrogen-bond acceptors (Lipinski definition) is 2. The first kappa shape index (κ1) is 15.0. The molecule has 0 aromatic heterocycles. The number of aliphatic carboxylic acids is 1. The van der Waals surface area contributed by atoms with Crippen molar-refractivity contribution in [3.8, 4) is 0 Å². The molecule has 2 amide bonds. The zero-order valence-electron chi connectivity index (χ0n) is 11.5. The Bertz CT molecular complexity index is 443. The fourth-order valence-corrected chi connectivity index (χ4v) is 1.71. The molecular weight excluding hydrogens is 244 g/mol. The second kappa shape index (κ2) is 6.78. The maximum atomic E-state index is 11.9. The fraction of sp³-hybridized carbons (Fsp3) is 0.429. The molecule has 1 atom stereocenters. The maximum Gasteiger partial charge on any atom is 0.323 e. The number of amides is 2. The molecule has 0 spiro atoms. The van der Waals surface area contributed by atoms with E-state index in [1.165, 1.54) is 4.90 Å². The zero-order chi connectivity index (χ0) is 14.4. The predicted octanol–water partition coefficient (Wildman–Crippen LogP) is 2.17. The molecule has 1 aromatic carbocycles. The second-order valence-corrected chi connectivity index (χ2v) is 4.49. The van der Waals surface area contributed by atoms with Gasteiger partial charge in [-0.05, 0) is 26.3 Å². The summed E-state index contributed by atoms with van der Waals surface area (Å²) in [7, 11) is 0. The Morgan fingerprint density at radius 2 is 1.89 bits per heavy atom. The van der Waals surface area contributed by atoms with Gasteiger partial charge in [-0.2, -0.15) is 0 Å². The first-order valence-electron chi connectivity index (χ1n) is 6.27. The van der Waals surface area contributed by atoms with Crippen LogP contribution in [0.1, 0.15) is 31.0 Å². The highest BCUT2D eigenvalue weighted by Crippen LogP contribution is 2.13. The molecule has 0 fully saturated rings. The Hall–Kier alpha value is -2.04. The first-order valence-corrected chi connectivity index (χ1v) is 6.27. The number of urea groups is 1. The minimum absolute atomic E-state index is 0.157. The number of carbonyl (C=O) groups is 2. The van der Waals surface area contributed by atoms with Crippen molar-refractivity contribution in [1.82, 2.24) is 10.2 Å². The lowest BCUT2D eigenvalue weighted by molar-refractivity contribution is -0.137. The highest BCUT2D eigenvalue weighted by Gasteiger charge is 2.17. The average molecular weight is 264 g/mol. The summed E-state index contributed by atoms with van der Waals surface area (Å²) < 4.78 is 0. The molecule has 0 saturated carbocycles. The highest BCUT2D eigenvalue weighted by molar-refractivity contribution is 5.80. The van der Waals surface area contributed by atoms with Crippen LogP contribution in [-0.2, 0) is 4.79 Å². The van der Waals surface area contributed by atoms with Crippen LogP contribution in [0.4, 0.5) is 4.79 Å². The van der Waals surface area contributed by atoms with Gasteiger partial charge in [-0.15, -0.1) is 0 Å². The van der Waals surface area contributed by atoms with Crippen LogP contribution in [0.15, 0.2) is 24.3 Å². The van der Waals surface area contributed by atoms with Crippen LogP contribution in [0.25, 0.3) is 0 Å². The average Bonchev–Trinajstić information content (AvgIpc) is 2.36. The quantitative estimate of drug-likeness (QED) is 0.856. The number of hydrogen-bond donors (Lipinski definition) is 2. The SMILES string of the molecule is CCN(CC(=O)O)C(=O)NC(C)c1ccc(C)cc1. The van der Waals surface area contributed by atoms with Crippen molar-refractivity contribution in [1.29, 1.82) is 0 Å². The second-order valence-electron chi connectivity index (χ2n) is 4.49. The fourth-order valence-electron chi connectivity index (χ4n) is 1.71. The third kappa shape index (κ3) is 4.62. The number of nitrogens with one attached hydrogen (secondary N) is 1. The monoisotopic (exact) mass is 264 g/mol. The molecule has 1 unspecified atom stereocenters. The smallest absolute Gasteiger partial charge is 0.323 e. The lowest BCUT2D eigenvalue weighted by Crippen LogP contribution is -2.43. The summed E-state index contributed by atoms with van der Waals surface area (Å²) in [4.78, 5) is 23.8. The minimum atomic E-state index is -1.01. The Morgan fingerprint density at radius 1 is 1.32 bits per heavy atom. The molecule has 1 rings (SSSR count). The summed E-state index contributed by atoms with van der Waals surface area (Å²) >= 11 is 0. The van der Waals surface area contributed by atoms with Gasteiger partial charge >= 0.3 is 12.0 Å². The van der Waals surface area contributed by atoms with E-state index in [-0.39, 0.29) is 18.6 Å². The number of carboxylic acids is 1. The Morgan fingerprint density at radius 3 is 2.37 bits per heavy atom. The van der Waals surface area contributed by atoms with Gasteiger partial charge in [-0.1, -0.05) is 29.8 Å². The van der Waals surface area contributed by atoms with Crippen LogP contribution in [0.2, 0.25) is 0 Å². The van der Waals surface area contributed by atoms with E-state index in [1.807, 2.05) is 38.1 Å². The van der Waals surface area contributed by atoms with Crippen molar-refractivity contribution < 1.29 is 14.7 Å². The third-order valence-electron chi connectivity index (χ3n) is 2.91. The van der Waals surface area contributed by atoms with Crippen molar-refractivity contribution in [2.45, 2.75) is 26.8 Å². The maximum absolute atomic E-state index is 11.9. The molecule has 5 heteroatoms. The predicted molar refractivity (Wildman–Crippen MR) is 73.0 cm³/mol. The zero-order valence-corrected chi connectivity index (χ0v) is 11.5. The van der Waals surface area contributed by atoms with E-state index < -0.39 is 5.97 Å². The van der Waals surface area contributed by atoms with Crippen LogP contribution in [0, 0.1) is 6.92 Å². The number of carbonyl (C=O) groups excluding carboxylic acids is 1. The Kier molecular flexibility index (Phi) is 5.36. The lowest BCUT2D eigenvalue weighted by Gasteiger charge is -2.22. The van der Waals surface area contributed by atoms with Crippen LogP contribution in [-0.4, -0.2) is 35.1 Å². The van der Waals surface area contributed by atoms with Gasteiger partial charge in [0.1, 0.15) is 6.54 Å². The van der Waals surface area contributed by atoms with Gasteiger partial charge in [0.2, 0.25) is 0 Å². The normalized spacial score (nSPS) is 11.7. The molecule has 0 aliphatic heterocycles. The minimum Gasteiger partial charge on any atom is -0.480 e. The van der Waals surface area contributed by atoms with E-state index in [0.29, 0.717) is 6.54 Å². The van der Waals surface area contributed by atoms with Crippen molar-refractivity contribution in [2.24, 2.45) is 0 Å². The van der Waals surface area contributed by atoms with Gasteiger partial charge in [0, 0.05) is 6.54 Å². The molecule has 0 radical (unpaired) electrons. The van der Waals surface area contributed by atoms with Gasteiger partial charge in [-0.3, -0.25) is 4.79 Å². The number of likely N-dealkylation sites (N-methyl/N-ethyl adjacent to an activating group) is 1. The van der Waals surface area contributed by atoms with Gasteiger partial charge in [0.15, 0.2) is 0 Å². The largest absolute Gasteiger partial charge is 0.480 e. The molecule has 19 heavy (non-hydrogen) atoms. The topological polar surface area (TPSA) is 69.6 Å². The first-order chi connectivity index (χ1) is 8.93. The van der Waals surface area contributed by atoms with Crippen molar-refractivity contribution >= 4 is 12.0 Å². The van der Waals surface area contributed by atoms with Gasteiger partial charge < -0.3 is 15.3 Å². The molecule has 2 N–H and O–H groups in total. The molecule has 5 nitrogen and oxygen atoms in total. The van der Waals surface area contributed by atoms with E-state index in [4.69, 9.17) is 5.11 Å². The van der Waals surface area contributed by atoms with E-state index >= 15 is 0 Å². The molecule has 1 aromatic rings. The van der Waals surface area contributed by atoms with E-state index in [9.17, 15) is 9.59 Å². The van der Waals surface area contributed by atoms with Crippen LogP contribution >= 0.6 is 0 Å². The van der Waals surface area contributed by atoms with Gasteiger partial charge in [-0.25, -0.2) is 4.79 Å².